The van der Waals surface area contributed by atoms with Crippen molar-refractivity contribution in [1.82, 2.24) is 0 Å². The van der Waals surface area contributed by atoms with E-state index in [9.17, 15) is 43.2 Å². The minimum atomic E-state index is -1.31. The first kappa shape index (κ1) is 88.2. The normalized spacial score (nSPS) is 23.3. The number of carbonyl (C=O) groups excluding carboxylic acids is 9. The molecule has 4 heterocycles. The van der Waals surface area contributed by atoms with Gasteiger partial charge in [0.15, 0.2) is 62.1 Å². The van der Waals surface area contributed by atoms with E-state index < -0.39 is 115 Å². The molecule has 0 amide bonds. The fourth-order valence-electron chi connectivity index (χ4n) is 10.7. The number of esters is 9. The number of hydrogen-bond acceptors (Lipinski definition) is 23. The highest BCUT2D eigenvalue weighted by Gasteiger charge is 2.53. The van der Waals surface area contributed by atoms with Crippen LogP contribution in [0.25, 0.3) is 0 Å². The summed E-state index contributed by atoms with van der Waals surface area (Å²) in [4.78, 5) is 111. The molecule has 27 nitrogen and oxygen atoms in total. The maximum Gasteiger partial charge on any atom is 0.362 e. The van der Waals surface area contributed by atoms with Crippen LogP contribution in [0.5, 0.6) is 0 Å². The van der Waals surface area contributed by atoms with Gasteiger partial charge >= 0.3 is 53.7 Å². The summed E-state index contributed by atoms with van der Waals surface area (Å²) in [6, 6.07) is 0. The van der Waals surface area contributed by atoms with Crippen molar-refractivity contribution in [2.75, 3.05) is 142 Å². The van der Waals surface area contributed by atoms with Gasteiger partial charge in [-0.15, -0.1) is 25.7 Å². The summed E-state index contributed by atoms with van der Waals surface area (Å²) < 4.78 is 80.9. The van der Waals surface area contributed by atoms with Gasteiger partial charge in [-0.05, 0) is 75.0 Å². The number of unbranched alkanes of at least 4 members (excludes halogenated alkanes) is 1. The summed E-state index contributed by atoms with van der Waals surface area (Å²) in [6.07, 6.45) is 17.5. The van der Waals surface area contributed by atoms with Crippen molar-refractivity contribution in [2.24, 2.45) is 0 Å². The predicted molar refractivity (Wildman–Crippen MR) is 361 cm³/mol. The van der Waals surface area contributed by atoms with Crippen LogP contribution in [0.15, 0.2) is 0 Å². The van der Waals surface area contributed by atoms with Crippen LogP contribution in [-0.4, -0.2) is 287 Å². The molecule has 558 valence electrons. The third-order valence-electron chi connectivity index (χ3n) is 15.7. The lowest BCUT2D eigenvalue weighted by Crippen LogP contribution is -2.58. The van der Waals surface area contributed by atoms with Gasteiger partial charge in [-0.3, -0.25) is 33.6 Å². The predicted octanol–water partition coefficient (Wildman–Crippen LogP) is 4.52. The minimum absolute atomic E-state index is 0.0297. The van der Waals surface area contributed by atoms with Gasteiger partial charge in [0, 0.05) is 44.9 Å². The van der Waals surface area contributed by atoms with Crippen LogP contribution in [0, 0.1) is 49.4 Å². The van der Waals surface area contributed by atoms with Crippen molar-refractivity contribution in [1.29, 1.82) is 0 Å². The van der Waals surface area contributed by atoms with E-state index in [0.29, 0.717) is 102 Å². The number of fused-ring (bicyclic) bond motifs is 1. The second-order valence-corrected chi connectivity index (χ2v) is 27.6. The summed E-state index contributed by atoms with van der Waals surface area (Å²) in [5.74, 6) is 6.14. The fraction of sp³-hybridized carbons (Fsp3) is 0.764. The van der Waals surface area contributed by atoms with Crippen LogP contribution >= 0.6 is 0 Å². The Balaban J connectivity index is 0.000000509. The Morgan fingerprint density at radius 3 is 0.990 bits per heavy atom. The van der Waals surface area contributed by atoms with E-state index in [4.69, 9.17) is 92.0 Å². The average Bonchev–Trinajstić information content (AvgIpc) is 1.79. The van der Waals surface area contributed by atoms with E-state index in [1.165, 1.54) is 0 Å². The number of carbonyl (C=O) groups is 9. The lowest BCUT2D eigenvalue weighted by Gasteiger charge is -2.40. The Bertz CT molecular complexity index is 2670. The number of likely N-dealkylation sites (N-methyl/N-ethyl adjacent to an activating group) is 2. The van der Waals surface area contributed by atoms with Crippen molar-refractivity contribution in [3.8, 4) is 49.4 Å². The average molecular weight is 1410 g/mol. The van der Waals surface area contributed by atoms with Crippen LogP contribution in [0.1, 0.15) is 144 Å². The summed E-state index contributed by atoms with van der Waals surface area (Å²) >= 11 is 0. The molecular weight excluding hydrogens is 1290 g/mol. The molecule has 0 aromatic heterocycles. The van der Waals surface area contributed by atoms with Gasteiger partial charge < -0.3 is 84.2 Å². The molecule has 4 saturated heterocycles. The van der Waals surface area contributed by atoms with E-state index in [1.54, 1.807) is 0 Å². The Labute approximate surface area is 588 Å². The topological polar surface area (TPSA) is 283 Å². The van der Waals surface area contributed by atoms with Crippen LogP contribution < -0.4 is 0 Å². The number of nitrogens with zero attached hydrogens (tertiary/aromatic N) is 4. The minimum Gasteiger partial charge on any atom is -0.456 e. The Morgan fingerprint density at radius 2 is 0.626 bits per heavy atom. The van der Waals surface area contributed by atoms with Crippen LogP contribution in [0.4, 0.5) is 0 Å². The quantitative estimate of drug-likeness (QED) is 0.0269. The first-order valence-electron chi connectivity index (χ1n) is 34.7. The van der Waals surface area contributed by atoms with E-state index in [2.05, 4.69) is 37.8 Å². The molecule has 0 N–H and O–H groups in total. The van der Waals surface area contributed by atoms with Crippen molar-refractivity contribution in [3.63, 3.8) is 0 Å². The van der Waals surface area contributed by atoms with E-state index >= 15 is 0 Å². The molecule has 27 heteroatoms. The van der Waals surface area contributed by atoms with Gasteiger partial charge in [-0.2, -0.15) is 0 Å². The van der Waals surface area contributed by atoms with Crippen molar-refractivity contribution in [3.05, 3.63) is 0 Å². The van der Waals surface area contributed by atoms with Crippen molar-refractivity contribution in [2.45, 2.75) is 218 Å². The SMILES string of the molecule is C#CC[N+](C)(C)CC(=O)O[C@H]1CO[C@H]2[C@@H]1OC[C@H]2OC(=O)C[N+](C)(C)CC#C.C#CC[N+](C)(C)CCCC(=O)O[C@H]1OC[C@@H](OC(=O)CCC)[C@@H](OC(=O)CCC)[C@H]1OC(=O)CCC.C#CC[N+](C)(C)CCCCO[C@H]1OC[C@@H](OC(=O)CCC)[C@@H](OC(=O)CCC)[C@H]1OC(=O)CCC. The summed E-state index contributed by atoms with van der Waals surface area (Å²) in [5, 5.41) is 0. The highest BCUT2D eigenvalue weighted by Crippen LogP contribution is 2.32. The van der Waals surface area contributed by atoms with Gasteiger partial charge in [0.1, 0.15) is 38.4 Å². The molecule has 4 aliphatic rings. The van der Waals surface area contributed by atoms with Gasteiger partial charge in [0.2, 0.25) is 12.4 Å². The third kappa shape index (κ3) is 34.4. The van der Waals surface area contributed by atoms with Crippen LogP contribution in [-0.2, 0) is 109 Å². The zero-order valence-electron chi connectivity index (χ0n) is 61.4. The molecule has 99 heavy (non-hydrogen) atoms. The van der Waals surface area contributed by atoms with Gasteiger partial charge in [-0.25, -0.2) is 9.59 Å². The Morgan fingerprint density at radius 1 is 0.333 bits per heavy atom. The lowest BCUT2D eigenvalue weighted by molar-refractivity contribution is -0.883. The molecule has 0 aromatic rings. The molecule has 0 spiro atoms. The van der Waals surface area contributed by atoms with E-state index in [1.807, 2.05) is 83.8 Å². The molecule has 4 fully saturated rings. The molecule has 0 aliphatic carbocycles. The third-order valence-corrected chi connectivity index (χ3v) is 15.7. The Kier molecular flexibility index (Phi) is 40.8. The van der Waals surface area contributed by atoms with Gasteiger partial charge in [0.25, 0.3) is 0 Å². The second-order valence-electron chi connectivity index (χ2n) is 27.6. The monoisotopic (exact) mass is 1400 g/mol. The zero-order chi connectivity index (χ0) is 74.4. The summed E-state index contributed by atoms with van der Waals surface area (Å²) in [6.45, 7) is 15.5. The highest BCUT2D eigenvalue weighted by molar-refractivity contribution is 5.74. The molecule has 4 aliphatic heterocycles. The summed E-state index contributed by atoms with van der Waals surface area (Å²) in [5.41, 5.74) is 0. The first-order chi connectivity index (χ1) is 46.8. The fourth-order valence-corrected chi connectivity index (χ4v) is 10.7. The van der Waals surface area contributed by atoms with Crippen molar-refractivity contribution >= 4 is 53.7 Å². The number of ether oxygens (including phenoxy) is 14. The number of hydrogen-bond donors (Lipinski definition) is 0. The molecule has 4 rings (SSSR count). The molecule has 0 unspecified atom stereocenters. The number of terminal acetylenes is 4. The number of quaternary nitrogens is 4. The smallest absolute Gasteiger partial charge is 0.362 e. The van der Waals surface area contributed by atoms with Crippen molar-refractivity contribution < 1.29 is 127 Å². The first-order valence-corrected chi connectivity index (χ1v) is 34.7. The molecule has 0 radical (unpaired) electrons. The molecule has 12 atom stereocenters. The Hall–Kier alpha value is -6.89. The largest absolute Gasteiger partial charge is 0.456 e. The summed E-state index contributed by atoms with van der Waals surface area (Å²) in [7, 11) is 15.5. The second kappa shape index (κ2) is 45.8. The van der Waals surface area contributed by atoms with E-state index in [-0.39, 0.29) is 96.4 Å². The van der Waals surface area contributed by atoms with E-state index in [0.717, 1.165) is 19.4 Å². The van der Waals surface area contributed by atoms with Crippen LogP contribution in [0.2, 0.25) is 0 Å². The maximum atomic E-state index is 12.6. The van der Waals surface area contributed by atoms with Crippen LogP contribution in [0.3, 0.4) is 0 Å². The molecule has 0 aromatic carbocycles. The van der Waals surface area contributed by atoms with Gasteiger partial charge in [-0.1, -0.05) is 41.5 Å². The zero-order valence-corrected chi connectivity index (χ0v) is 61.4. The maximum absolute atomic E-state index is 12.6. The standard InChI is InChI=1S/C26H42NO9.C26H44NO8.C20H30N2O6/c1-7-12-20(28)33-19-18-32-26(36-23(31)15-11-17-27(5,6)16-10-4)25(35-22(30)14-9-3)24(19)34-21(29)13-8-2;1-7-13-21(28)33-20-19-32-26(31-18-12-11-17-27(5,6)16-10-4)25(35-23(30)15-9-3)24(20)34-22(29)14-8-2;1-7-9-21(3,4)11-17(23)27-15-13-25-20-16(14-26-19(15)20)28-18(24)12-22(5,6)10-8-2/h4,19,24-26H,7-9,11-18H2,1-3,5-6H3;4,20,24-26H,7-9,11-19H2,1-3,5-6H3;1-2,15-16,19-20H,9-14H2,3-6H3/q2*+1;+2/t19-,24-,25-,26-;20-,24-,25-,26+;15-,16+,19-,20-/m111/s1. The highest BCUT2D eigenvalue weighted by atomic mass is 16.7. The molecule has 0 saturated carbocycles. The number of rotatable bonds is 39. The van der Waals surface area contributed by atoms with Gasteiger partial charge in [0.05, 0.1) is 109 Å². The molecular formula is C72H116N4O23+4. The lowest BCUT2D eigenvalue weighted by atomic mass is 10.0. The molecule has 0 bridgehead atoms.